The molecule has 0 aliphatic heterocycles. The fraction of sp³-hybridized carbons (Fsp3) is 0.167. The molecule has 1 aromatic heterocycles. The average Bonchev–Trinajstić information content (AvgIpc) is 2.84. The van der Waals surface area contributed by atoms with E-state index in [1.165, 1.54) is 18.2 Å². The Morgan fingerprint density at radius 1 is 1.45 bits per heavy atom. The van der Waals surface area contributed by atoms with Crippen LogP contribution in [0.4, 0.5) is 5.69 Å². The Balaban J connectivity index is 1.97. The number of nitrogens with zero attached hydrogens (tertiary/aromatic N) is 3. The number of benzene rings is 1. The van der Waals surface area contributed by atoms with Gasteiger partial charge in [0.2, 0.25) is 0 Å². The van der Waals surface area contributed by atoms with E-state index in [2.05, 4.69) is 26.3 Å². The van der Waals surface area contributed by atoms with Crippen LogP contribution in [0.2, 0.25) is 0 Å². The maximum absolute atomic E-state index is 11.9. The summed E-state index contributed by atoms with van der Waals surface area (Å²) in [6, 6.07) is 5.85. The largest absolute Gasteiger partial charge is 0.350 e. The van der Waals surface area contributed by atoms with Gasteiger partial charge in [0.1, 0.15) is 5.56 Å². The van der Waals surface area contributed by atoms with Gasteiger partial charge >= 0.3 is 0 Å². The predicted molar refractivity (Wildman–Crippen MR) is 75.4 cm³/mol. The van der Waals surface area contributed by atoms with E-state index < -0.39 is 10.8 Å². The van der Waals surface area contributed by atoms with E-state index in [1.54, 1.807) is 23.1 Å². The van der Waals surface area contributed by atoms with E-state index in [0.717, 1.165) is 4.47 Å². The Morgan fingerprint density at radius 3 is 2.85 bits per heavy atom. The van der Waals surface area contributed by atoms with Crippen LogP contribution >= 0.6 is 15.9 Å². The number of hydrogen-bond donors (Lipinski definition) is 1. The van der Waals surface area contributed by atoms with Gasteiger partial charge in [-0.3, -0.25) is 19.6 Å². The topological polar surface area (TPSA) is 90.1 Å². The van der Waals surface area contributed by atoms with Gasteiger partial charge < -0.3 is 5.32 Å². The van der Waals surface area contributed by atoms with Gasteiger partial charge in [-0.1, -0.05) is 12.1 Å². The number of nitrogens with one attached hydrogen (secondary N) is 1. The van der Waals surface area contributed by atoms with Gasteiger partial charge in [-0.25, -0.2) is 0 Å². The van der Waals surface area contributed by atoms with Crippen LogP contribution in [0.1, 0.15) is 10.4 Å². The summed E-state index contributed by atoms with van der Waals surface area (Å²) in [5.41, 5.74) is -0.147. The molecule has 0 saturated heterocycles. The Bertz CT molecular complexity index is 641. The van der Waals surface area contributed by atoms with Crippen molar-refractivity contribution in [3.63, 3.8) is 0 Å². The summed E-state index contributed by atoms with van der Waals surface area (Å²) < 4.78 is 2.51. The number of hydrogen-bond acceptors (Lipinski definition) is 4. The number of nitro benzene ring substituents is 1. The molecule has 0 atom stereocenters. The molecule has 0 saturated carbocycles. The average molecular weight is 339 g/mol. The molecule has 20 heavy (non-hydrogen) atoms. The quantitative estimate of drug-likeness (QED) is 0.666. The first-order valence-electron chi connectivity index (χ1n) is 5.77. The first-order valence-corrected chi connectivity index (χ1v) is 6.57. The van der Waals surface area contributed by atoms with E-state index in [0.29, 0.717) is 13.1 Å². The molecule has 2 aromatic rings. The van der Waals surface area contributed by atoms with Crippen molar-refractivity contribution in [2.75, 3.05) is 6.54 Å². The number of amides is 1. The van der Waals surface area contributed by atoms with Crippen molar-refractivity contribution in [3.05, 3.63) is 56.8 Å². The van der Waals surface area contributed by atoms with Crippen LogP contribution in [0, 0.1) is 10.1 Å². The molecule has 1 amide bonds. The third-order valence-corrected chi connectivity index (χ3v) is 2.98. The lowest BCUT2D eigenvalue weighted by Gasteiger charge is -2.05. The molecule has 1 aromatic carbocycles. The van der Waals surface area contributed by atoms with E-state index in [1.807, 2.05) is 0 Å². The monoisotopic (exact) mass is 338 g/mol. The smallest absolute Gasteiger partial charge is 0.282 e. The van der Waals surface area contributed by atoms with Gasteiger partial charge in [0.15, 0.2) is 0 Å². The third kappa shape index (κ3) is 3.41. The number of rotatable bonds is 5. The third-order valence-electron chi connectivity index (χ3n) is 2.57. The van der Waals surface area contributed by atoms with Crippen LogP contribution in [0.15, 0.2) is 41.1 Å². The molecule has 104 valence electrons. The second kappa shape index (κ2) is 6.29. The SMILES string of the molecule is O=C(NCCn1cc(Br)cn1)c1ccccc1[N+](=O)[O-]. The minimum atomic E-state index is -0.570. The molecule has 0 radical (unpaired) electrons. The molecule has 0 fully saturated rings. The second-order valence-electron chi connectivity index (χ2n) is 3.95. The Hall–Kier alpha value is -2.22. The molecule has 1 N–H and O–H groups in total. The number of carbonyl (C=O) groups is 1. The van der Waals surface area contributed by atoms with Gasteiger partial charge in [0.25, 0.3) is 11.6 Å². The molecule has 0 spiro atoms. The van der Waals surface area contributed by atoms with Crippen molar-refractivity contribution in [1.82, 2.24) is 15.1 Å². The van der Waals surface area contributed by atoms with Crippen molar-refractivity contribution in [2.45, 2.75) is 6.54 Å². The summed E-state index contributed by atoms with van der Waals surface area (Å²) in [5, 5.41) is 17.5. The van der Waals surface area contributed by atoms with Crippen molar-refractivity contribution >= 4 is 27.5 Å². The maximum atomic E-state index is 11.9. The van der Waals surface area contributed by atoms with E-state index in [-0.39, 0.29) is 11.3 Å². The van der Waals surface area contributed by atoms with Gasteiger partial charge in [-0.15, -0.1) is 0 Å². The summed E-state index contributed by atoms with van der Waals surface area (Å²) in [5.74, 6) is -0.469. The van der Waals surface area contributed by atoms with Gasteiger partial charge in [-0.2, -0.15) is 5.10 Å². The standard InChI is InChI=1S/C12H11BrN4O3/c13-9-7-15-16(8-9)6-5-14-12(18)10-3-1-2-4-11(10)17(19)20/h1-4,7-8H,5-6H2,(H,14,18). The maximum Gasteiger partial charge on any atom is 0.282 e. The van der Waals surface area contributed by atoms with Gasteiger partial charge in [0, 0.05) is 18.8 Å². The van der Waals surface area contributed by atoms with E-state index >= 15 is 0 Å². The summed E-state index contributed by atoms with van der Waals surface area (Å²) in [6.07, 6.45) is 3.42. The minimum absolute atomic E-state index is 0.0548. The highest BCUT2D eigenvalue weighted by Crippen LogP contribution is 2.17. The van der Waals surface area contributed by atoms with Crippen LogP contribution in [0.3, 0.4) is 0 Å². The lowest BCUT2D eigenvalue weighted by Crippen LogP contribution is -2.27. The Morgan fingerprint density at radius 2 is 2.20 bits per heavy atom. The molecule has 0 aliphatic rings. The highest BCUT2D eigenvalue weighted by molar-refractivity contribution is 9.10. The summed E-state index contributed by atoms with van der Waals surface area (Å²) in [7, 11) is 0. The predicted octanol–water partition coefficient (Wildman–Crippen LogP) is 1.98. The van der Waals surface area contributed by atoms with E-state index in [4.69, 9.17) is 0 Å². The lowest BCUT2D eigenvalue weighted by atomic mass is 10.1. The zero-order chi connectivity index (χ0) is 14.5. The summed E-state index contributed by atoms with van der Waals surface area (Å²) in [4.78, 5) is 22.2. The fourth-order valence-electron chi connectivity index (χ4n) is 1.66. The fourth-order valence-corrected chi connectivity index (χ4v) is 1.99. The molecule has 0 unspecified atom stereocenters. The van der Waals surface area contributed by atoms with Crippen molar-refractivity contribution < 1.29 is 9.72 Å². The highest BCUT2D eigenvalue weighted by atomic mass is 79.9. The zero-order valence-corrected chi connectivity index (χ0v) is 11.9. The lowest BCUT2D eigenvalue weighted by molar-refractivity contribution is -0.385. The second-order valence-corrected chi connectivity index (χ2v) is 4.87. The van der Waals surface area contributed by atoms with Crippen LogP contribution in [0.5, 0.6) is 0 Å². The number of nitro groups is 1. The summed E-state index contributed by atoms with van der Waals surface area (Å²) >= 11 is 3.27. The van der Waals surface area contributed by atoms with Crippen LogP contribution < -0.4 is 5.32 Å². The highest BCUT2D eigenvalue weighted by Gasteiger charge is 2.18. The number of aromatic nitrogens is 2. The number of halogens is 1. The van der Waals surface area contributed by atoms with E-state index in [9.17, 15) is 14.9 Å². The first-order chi connectivity index (χ1) is 9.58. The number of carbonyl (C=O) groups excluding carboxylic acids is 1. The van der Waals surface area contributed by atoms with Crippen LogP contribution in [0.25, 0.3) is 0 Å². The van der Waals surface area contributed by atoms with Gasteiger partial charge in [-0.05, 0) is 22.0 Å². The van der Waals surface area contributed by atoms with Crippen molar-refractivity contribution in [2.24, 2.45) is 0 Å². The molecular formula is C12H11BrN4O3. The molecule has 1 heterocycles. The Kier molecular flexibility index (Phi) is 4.46. The molecule has 8 heteroatoms. The zero-order valence-electron chi connectivity index (χ0n) is 10.3. The van der Waals surface area contributed by atoms with Crippen molar-refractivity contribution in [3.8, 4) is 0 Å². The molecular weight excluding hydrogens is 328 g/mol. The minimum Gasteiger partial charge on any atom is -0.350 e. The number of para-hydroxylation sites is 1. The summed E-state index contributed by atoms with van der Waals surface area (Å²) in [6.45, 7) is 0.816. The van der Waals surface area contributed by atoms with Crippen molar-refractivity contribution in [1.29, 1.82) is 0 Å². The van der Waals surface area contributed by atoms with Crippen LogP contribution in [-0.4, -0.2) is 27.2 Å². The normalized spacial score (nSPS) is 10.2. The molecule has 0 bridgehead atoms. The Labute approximate surface area is 122 Å². The first kappa shape index (κ1) is 14.2. The van der Waals surface area contributed by atoms with Crippen LogP contribution in [-0.2, 0) is 6.54 Å². The molecule has 7 nitrogen and oxygen atoms in total. The molecule has 2 rings (SSSR count). The molecule has 0 aliphatic carbocycles. The van der Waals surface area contributed by atoms with Gasteiger partial charge in [0.05, 0.1) is 22.1 Å².